The van der Waals surface area contributed by atoms with Gasteiger partial charge in [-0.1, -0.05) is 6.07 Å². The Kier molecular flexibility index (Phi) is 7.07. The molecule has 0 atom stereocenters. The van der Waals surface area contributed by atoms with Crippen molar-refractivity contribution in [1.29, 1.82) is 0 Å². The molecule has 2 aromatic rings. The van der Waals surface area contributed by atoms with E-state index in [1.54, 1.807) is 36.4 Å². The van der Waals surface area contributed by atoms with Crippen molar-refractivity contribution in [2.24, 2.45) is 0 Å². The lowest BCUT2D eigenvalue weighted by atomic mass is 10.1. The molecular formula is C18H19IN2O5. The first-order chi connectivity index (χ1) is 12.5. The van der Waals surface area contributed by atoms with Gasteiger partial charge in [-0.25, -0.2) is 0 Å². The fraction of sp³-hybridized carbons (Fsp3) is 0.222. The third kappa shape index (κ3) is 5.01. The summed E-state index contributed by atoms with van der Waals surface area (Å²) in [6.45, 7) is -0.0958. The number of likely N-dealkylation sites (N-methyl/N-ethyl adjacent to an activating group) is 1. The Morgan fingerprint density at radius 3 is 2.42 bits per heavy atom. The molecule has 8 heteroatoms. The SMILES string of the molecule is CNC(=O)COc1cccc(NC(=O)c2cc(OC)c(OC)cc2I)c1. The Morgan fingerprint density at radius 1 is 1.08 bits per heavy atom. The molecule has 2 rings (SSSR count). The normalized spacial score (nSPS) is 10.0. The molecule has 2 aromatic carbocycles. The van der Waals surface area contributed by atoms with Crippen molar-refractivity contribution < 1.29 is 23.8 Å². The van der Waals surface area contributed by atoms with Crippen LogP contribution in [-0.2, 0) is 4.79 Å². The fourth-order valence-electron chi connectivity index (χ4n) is 2.11. The lowest BCUT2D eigenvalue weighted by Gasteiger charge is -2.13. The van der Waals surface area contributed by atoms with Crippen molar-refractivity contribution in [3.8, 4) is 17.2 Å². The zero-order chi connectivity index (χ0) is 19.1. The van der Waals surface area contributed by atoms with Crippen molar-refractivity contribution in [3.05, 3.63) is 45.5 Å². The van der Waals surface area contributed by atoms with E-state index in [9.17, 15) is 9.59 Å². The summed E-state index contributed by atoms with van der Waals surface area (Å²) in [6, 6.07) is 10.2. The minimum Gasteiger partial charge on any atom is -0.493 e. The number of hydrogen-bond donors (Lipinski definition) is 2. The van der Waals surface area contributed by atoms with Gasteiger partial charge in [0, 0.05) is 22.4 Å². The van der Waals surface area contributed by atoms with Crippen molar-refractivity contribution >= 4 is 40.1 Å². The Balaban J connectivity index is 2.16. The second kappa shape index (κ2) is 9.27. The van der Waals surface area contributed by atoms with Gasteiger partial charge in [0.1, 0.15) is 5.75 Å². The average molecular weight is 470 g/mol. The standard InChI is InChI=1S/C18H19IN2O5/c1-20-17(22)10-26-12-6-4-5-11(7-12)21-18(23)13-8-15(24-2)16(25-3)9-14(13)19/h4-9H,10H2,1-3H3,(H,20,22)(H,21,23). The van der Waals surface area contributed by atoms with Crippen LogP contribution in [0.2, 0.25) is 0 Å². The van der Waals surface area contributed by atoms with Crippen LogP contribution >= 0.6 is 22.6 Å². The minimum absolute atomic E-state index is 0.0958. The first-order valence-corrected chi connectivity index (χ1v) is 8.72. The number of carbonyl (C=O) groups is 2. The lowest BCUT2D eigenvalue weighted by Crippen LogP contribution is -2.24. The molecule has 0 saturated heterocycles. The highest BCUT2D eigenvalue weighted by Crippen LogP contribution is 2.31. The molecular weight excluding hydrogens is 451 g/mol. The predicted molar refractivity (Wildman–Crippen MR) is 106 cm³/mol. The largest absolute Gasteiger partial charge is 0.493 e. The number of carbonyl (C=O) groups excluding carboxylic acids is 2. The smallest absolute Gasteiger partial charge is 0.257 e. The van der Waals surface area contributed by atoms with Gasteiger partial charge in [0.05, 0.1) is 19.8 Å². The van der Waals surface area contributed by atoms with E-state index in [1.807, 2.05) is 0 Å². The summed E-state index contributed by atoms with van der Waals surface area (Å²) in [5, 5.41) is 5.28. The molecule has 7 nitrogen and oxygen atoms in total. The van der Waals surface area contributed by atoms with Gasteiger partial charge < -0.3 is 24.8 Å². The molecule has 0 unspecified atom stereocenters. The van der Waals surface area contributed by atoms with E-state index in [-0.39, 0.29) is 18.4 Å². The molecule has 138 valence electrons. The van der Waals surface area contributed by atoms with E-state index in [2.05, 4.69) is 33.2 Å². The molecule has 26 heavy (non-hydrogen) atoms. The topological polar surface area (TPSA) is 85.9 Å². The van der Waals surface area contributed by atoms with Gasteiger partial charge in [-0.05, 0) is 46.9 Å². The molecule has 2 amide bonds. The van der Waals surface area contributed by atoms with Crippen LogP contribution in [0.15, 0.2) is 36.4 Å². The summed E-state index contributed by atoms with van der Waals surface area (Å²) in [6.07, 6.45) is 0. The third-order valence-electron chi connectivity index (χ3n) is 3.46. The molecule has 0 aliphatic rings. The molecule has 0 heterocycles. The van der Waals surface area contributed by atoms with Crippen LogP contribution < -0.4 is 24.8 Å². The van der Waals surface area contributed by atoms with Gasteiger partial charge in [-0.2, -0.15) is 0 Å². The molecule has 0 saturated carbocycles. The highest BCUT2D eigenvalue weighted by atomic mass is 127. The highest BCUT2D eigenvalue weighted by molar-refractivity contribution is 14.1. The van der Waals surface area contributed by atoms with E-state index in [0.29, 0.717) is 28.5 Å². The third-order valence-corrected chi connectivity index (χ3v) is 4.35. The zero-order valence-corrected chi connectivity index (χ0v) is 16.7. The summed E-state index contributed by atoms with van der Waals surface area (Å²) >= 11 is 2.07. The Hall–Kier alpha value is -2.49. The van der Waals surface area contributed by atoms with Crippen LogP contribution in [0.3, 0.4) is 0 Å². The molecule has 0 spiro atoms. The molecule has 0 bridgehead atoms. The summed E-state index contributed by atoms with van der Waals surface area (Å²) in [5.74, 6) is 0.977. The van der Waals surface area contributed by atoms with E-state index in [4.69, 9.17) is 14.2 Å². The number of methoxy groups -OCH3 is 2. The van der Waals surface area contributed by atoms with Crippen molar-refractivity contribution in [3.63, 3.8) is 0 Å². The second-order valence-corrected chi connectivity index (χ2v) is 6.29. The van der Waals surface area contributed by atoms with Gasteiger partial charge in [-0.15, -0.1) is 0 Å². The van der Waals surface area contributed by atoms with Gasteiger partial charge in [0.2, 0.25) is 0 Å². The van der Waals surface area contributed by atoms with E-state index < -0.39 is 0 Å². The first-order valence-electron chi connectivity index (χ1n) is 7.64. The van der Waals surface area contributed by atoms with Crippen LogP contribution in [0, 0.1) is 3.57 Å². The summed E-state index contributed by atoms with van der Waals surface area (Å²) in [4.78, 5) is 23.9. The van der Waals surface area contributed by atoms with Crippen molar-refractivity contribution in [2.75, 3.05) is 33.2 Å². The number of rotatable bonds is 7. The average Bonchev–Trinajstić information content (AvgIpc) is 2.65. The summed E-state index contributed by atoms with van der Waals surface area (Å²) < 4.78 is 16.6. The van der Waals surface area contributed by atoms with Gasteiger partial charge >= 0.3 is 0 Å². The number of halogens is 1. The van der Waals surface area contributed by atoms with E-state index in [0.717, 1.165) is 3.57 Å². The van der Waals surface area contributed by atoms with Gasteiger partial charge in [0.25, 0.3) is 11.8 Å². The number of ether oxygens (including phenoxy) is 3. The maximum atomic E-state index is 12.6. The molecule has 0 aromatic heterocycles. The second-order valence-electron chi connectivity index (χ2n) is 5.13. The van der Waals surface area contributed by atoms with E-state index >= 15 is 0 Å². The highest BCUT2D eigenvalue weighted by Gasteiger charge is 2.16. The maximum absolute atomic E-state index is 12.6. The lowest BCUT2D eigenvalue weighted by molar-refractivity contribution is -0.122. The minimum atomic E-state index is -0.293. The summed E-state index contributed by atoms with van der Waals surface area (Å²) in [5.41, 5.74) is 1.01. The Morgan fingerprint density at radius 2 is 1.77 bits per heavy atom. The monoisotopic (exact) mass is 470 g/mol. The number of hydrogen-bond acceptors (Lipinski definition) is 5. The maximum Gasteiger partial charge on any atom is 0.257 e. The number of benzene rings is 2. The van der Waals surface area contributed by atoms with Crippen LogP contribution in [0.1, 0.15) is 10.4 Å². The van der Waals surface area contributed by atoms with Crippen LogP contribution in [0.5, 0.6) is 17.2 Å². The van der Waals surface area contributed by atoms with Crippen LogP contribution in [0.4, 0.5) is 5.69 Å². The van der Waals surface area contributed by atoms with Crippen molar-refractivity contribution in [2.45, 2.75) is 0 Å². The number of nitrogens with one attached hydrogen (secondary N) is 2. The molecule has 0 aliphatic heterocycles. The van der Waals surface area contributed by atoms with Crippen LogP contribution in [0.25, 0.3) is 0 Å². The molecule has 0 radical (unpaired) electrons. The van der Waals surface area contributed by atoms with E-state index in [1.165, 1.54) is 21.3 Å². The fourth-order valence-corrected chi connectivity index (χ4v) is 2.79. The Labute approximate surface area is 165 Å². The Bertz CT molecular complexity index is 810. The van der Waals surface area contributed by atoms with Crippen molar-refractivity contribution in [1.82, 2.24) is 5.32 Å². The number of anilines is 1. The predicted octanol–water partition coefficient (Wildman–Crippen LogP) is 2.69. The van der Waals surface area contributed by atoms with Gasteiger partial charge in [0.15, 0.2) is 18.1 Å². The zero-order valence-electron chi connectivity index (χ0n) is 14.6. The van der Waals surface area contributed by atoms with Gasteiger partial charge in [-0.3, -0.25) is 9.59 Å². The molecule has 0 aliphatic carbocycles. The number of amides is 2. The van der Waals surface area contributed by atoms with Crippen LogP contribution in [-0.4, -0.2) is 39.7 Å². The first kappa shape index (κ1) is 19.8. The quantitative estimate of drug-likeness (QED) is 0.608. The molecule has 2 N–H and O–H groups in total. The molecule has 0 fully saturated rings. The summed E-state index contributed by atoms with van der Waals surface area (Å²) in [7, 11) is 4.59.